The van der Waals surface area contributed by atoms with Crippen LogP contribution in [0, 0.1) is 5.21 Å². The van der Waals surface area contributed by atoms with E-state index in [1.54, 1.807) is 0 Å². The summed E-state index contributed by atoms with van der Waals surface area (Å²) in [6.45, 7) is 7.22. The molecule has 0 radical (unpaired) electrons. The van der Waals surface area contributed by atoms with Gasteiger partial charge in [0.05, 0.1) is 6.54 Å². The lowest BCUT2D eigenvalue weighted by Gasteiger charge is -2.38. The Kier molecular flexibility index (Phi) is 4.19. The maximum absolute atomic E-state index is 14.2. The zero-order valence-corrected chi connectivity index (χ0v) is 17.7. The van der Waals surface area contributed by atoms with Gasteiger partial charge >= 0.3 is 0 Å². The first-order chi connectivity index (χ1) is 14.5. The van der Waals surface area contributed by atoms with Crippen molar-refractivity contribution in [3.05, 3.63) is 118 Å². The number of nitrogens with zero attached hydrogens (tertiary/aromatic N) is 2. The van der Waals surface area contributed by atoms with Gasteiger partial charge in [-0.05, 0) is 44.0 Å². The molecule has 150 valence electrons. The molecule has 0 fully saturated rings. The molecule has 2 heterocycles. The van der Waals surface area contributed by atoms with Crippen molar-refractivity contribution in [2.24, 2.45) is 0 Å². The minimum atomic E-state index is -0.846. The van der Waals surface area contributed by atoms with Crippen molar-refractivity contribution in [1.29, 1.82) is 0 Å². The Balaban J connectivity index is 1.84. The molecule has 1 atom stereocenters. The third kappa shape index (κ3) is 2.39. The minimum absolute atomic E-state index is 0.305. The standard InChI is InChI=1S/C27H26N2O/c1-20-25(22-15-9-5-10-16-22)26(2,3)28-19-24(21-13-7-4-8-14-21)29(30)27(20,28)23-17-11-6-12-18-23/h4-18H,19H2,1-3H3. The smallest absolute Gasteiger partial charge is 0.279 e. The maximum Gasteiger partial charge on any atom is 0.279 e. The molecule has 0 aromatic heterocycles. The summed E-state index contributed by atoms with van der Waals surface area (Å²) in [5.41, 5.74) is 5.19. The molecule has 0 amide bonds. The SMILES string of the molecule is CC1=C(c2ccccc2)C(C)(C)N2CC(c3ccccc3)=[N+]([O-])C12c1ccccc1. The third-order valence-electron chi connectivity index (χ3n) is 6.77. The van der Waals surface area contributed by atoms with Crippen molar-refractivity contribution in [3.8, 4) is 0 Å². The molecule has 0 saturated heterocycles. The highest BCUT2D eigenvalue weighted by molar-refractivity contribution is 6.00. The Morgan fingerprint density at radius 1 is 0.767 bits per heavy atom. The van der Waals surface area contributed by atoms with Crippen molar-refractivity contribution in [1.82, 2.24) is 4.90 Å². The van der Waals surface area contributed by atoms with Gasteiger partial charge in [0.15, 0.2) is 0 Å². The van der Waals surface area contributed by atoms with Crippen molar-refractivity contribution < 1.29 is 4.74 Å². The van der Waals surface area contributed by atoms with Crippen LogP contribution in [-0.2, 0) is 5.66 Å². The molecule has 5 rings (SSSR count). The van der Waals surface area contributed by atoms with E-state index in [0.29, 0.717) is 6.54 Å². The largest absolute Gasteiger partial charge is 0.622 e. The van der Waals surface area contributed by atoms with Crippen LogP contribution in [-0.4, -0.2) is 27.4 Å². The summed E-state index contributed by atoms with van der Waals surface area (Å²) in [5, 5.41) is 14.2. The summed E-state index contributed by atoms with van der Waals surface area (Å²) < 4.78 is 1.27. The quantitative estimate of drug-likeness (QED) is 0.438. The minimum Gasteiger partial charge on any atom is -0.622 e. The average molecular weight is 395 g/mol. The van der Waals surface area contributed by atoms with Gasteiger partial charge < -0.3 is 5.21 Å². The molecule has 3 heteroatoms. The molecule has 3 aromatic rings. The van der Waals surface area contributed by atoms with Crippen LogP contribution in [0.1, 0.15) is 37.5 Å². The van der Waals surface area contributed by atoms with Gasteiger partial charge in [-0.3, -0.25) is 0 Å². The molecule has 30 heavy (non-hydrogen) atoms. The summed E-state index contributed by atoms with van der Waals surface area (Å²) in [6, 6.07) is 30.8. The van der Waals surface area contributed by atoms with Crippen LogP contribution in [0.25, 0.3) is 5.57 Å². The van der Waals surface area contributed by atoms with Crippen LogP contribution >= 0.6 is 0 Å². The second-order valence-electron chi connectivity index (χ2n) is 8.66. The second-order valence-corrected chi connectivity index (χ2v) is 8.66. The molecule has 3 nitrogen and oxygen atoms in total. The first kappa shape index (κ1) is 18.8. The predicted molar refractivity (Wildman–Crippen MR) is 122 cm³/mol. The first-order valence-corrected chi connectivity index (χ1v) is 10.5. The van der Waals surface area contributed by atoms with Gasteiger partial charge in [-0.1, -0.05) is 78.9 Å². The van der Waals surface area contributed by atoms with Crippen LogP contribution in [0.2, 0.25) is 0 Å². The first-order valence-electron chi connectivity index (χ1n) is 10.5. The van der Waals surface area contributed by atoms with Gasteiger partial charge in [0.2, 0.25) is 5.71 Å². The van der Waals surface area contributed by atoms with Crippen LogP contribution in [0.4, 0.5) is 0 Å². The van der Waals surface area contributed by atoms with E-state index in [0.717, 1.165) is 22.4 Å². The summed E-state index contributed by atoms with van der Waals surface area (Å²) in [6.07, 6.45) is 0. The zero-order valence-electron chi connectivity index (χ0n) is 17.7. The van der Waals surface area contributed by atoms with E-state index in [4.69, 9.17) is 0 Å². The lowest BCUT2D eigenvalue weighted by atomic mass is 9.85. The number of benzene rings is 3. The van der Waals surface area contributed by atoms with Crippen LogP contribution < -0.4 is 0 Å². The molecule has 0 spiro atoms. The van der Waals surface area contributed by atoms with Gasteiger partial charge in [-0.15, -0.1) is 0 Å². The topological polar surface area (TPSA) is 29.3 Å². The Labute approximate surface area is 178 Å². The van der Waals surface area contributed by atoms with Crippen LogP contribution in [0.3, 0.4) is 0 Å². The molecule has 2 aliphatic rings. The van der Waals surface area contributed by atoms with Gasteiger partial charge in [-0.2, -0.15) is 4.74 Å². The number of rotatable bonds is 3. The second kappa shape index (κ2) is 6.68. The Bertz CT molecular complexity index is 1150. The van der Waals surface area contributed by atoms with Gasteiger partial charge in [-0.25, -0.2) is 4.90 Å². The fraction of sp³-hybridized carbons (Fsp3) is 0.222. The molecular weight excluding hydrogens is 368 g/mol. The average Bonchev–Trinajstić information content (AvgIpc) is 3.18. The Morgan fingerprint density at radius 3 is 1.83 bits per heavy atom. The normalized spacial score (nSPS) is 23.2. The summed E-state index contributed by atoms with van der Waals surface area (Å²) in [4.78, 5) is 2.38. The molecule has 0 saturated carbocycles. The van der Waals surface area contributed by atoms with E-state index in [1.165, 1.54) is 15.9 Å². The number of hydrogen-bond donors (Lipinski definition) is 0. The maximum atomic E-state index is 14.2. The zero-order chi connectivity index (χ0) is 20.9. The van der Waals surface area contributed by atoms with E-state index >= 15 is 0 Å². The molecule has 2 aliphatic heterocycles. The Hall–Kier alpha value is -3.17. The lowest BCUT2D eigenvalue weighted by Crippen LogP contribution is -2.52. The lowest BCUT2D eigenvalue weighted by molar-refractivity contribution is -0.565. The van der Waals surface area contributed by atoms with E-state index in [2.05, 4.69) is 62.1 Å². The predicted octanol–water partition coefficient (Wildman–Crippen LogP) is 5.42. The van der Waals surface area contributed by atoms with E-state index in [-0.39, 0.29) is 5.54 Å². The highest BCUT2D eigenvalue weighted by Gasteiger charge is 2.65. The molecule has 3 aromatic carbocycles. The summed E-state index contributed by atoms with van der Waals surface area (Å²) >= 11 is 0. The molecular formula is C27H26N2O. The molecule has 1 unspecified atom stereocenters. The van der Waals surface area contributed by atoms with Crippen LogP contribution in [0.5, 0.6) is 0 Å². The number of hydroxylamine groups is 1. The molecule has 0 bridgehead atoms. The van der Waals surface area contributed by atoms with E-state index in [1.807, 2.05) is 54.6 Å². The van der Waals surface area contributed by atoms with Gasteiger partial charge in [0, 0.05) is 22.2 Å². The molecule has 0 aliphatic carbocycles. The third-order valence-corrected chi connectivity index (χ3v) is 6.77. The van der Waals surface area contributed by atoms with Gasteiger partial charge in [0.25, 0.3) is 5.66 Å². The molecule has 0 N–H and O–H groups in total. The highest BCUT2D eigenvalue weighted by Crippen LogP contribution is 2.56. The van der Waals surface area contributed by atoms with E-state index in [9.17, 15) is 5.21 Å². The number of hydrogen-bond acceptors (Lipinski definition) is 2. The van der Waals surface area contributed by atoms with Gasteiger partial charge in [0.1, 0.15) is 0 Å². The summed E-state index contributed by atoms with van der Waals surface area (Å²) in [7, 11) is 0. The van der Waals surface area contributed by atoms with E-state index < -0.39 is 5.66 Å². The monoisotopic (exact) mass is 394 g/mol. The fourth-order valence-electron chi connectivity index (χ4n) is 5.53. The number of fused-ring (bicyclic) bond motifs is 1. The summed E-state index contributed by atoms with van der Waals surface area (Å²) in [5.74, 6) is 0. The van der Waals surface area contributed by atoms with Crippen molar-refractivity contribution in [2.45, 2.75) is 32.0 Å². The van der Waals surface area contributed by atoms with Crippen molar-refractivity contribution in [3.63, 3.8) is 0 Å². The van der Waals surface area contributed by atoms with Crippen molar-refractivity contribution in [2.75, 3.05) is 6.54 Å². The van der Waals surface area contributed by atoms with Crippen molar-refractivity contribution >= 4 is 11.3 Å². The highest BCUT2D eigenvalue weighted by atomic mass is 16.5. The Morgan fingerprint density at radius 2 is 1.27 bits per heavy atom. The van der Waals surface area contributed by atoms with Crippen LogP contribution in [0.15, 0.2) is 96.6 Å². The fourth-order valence-corrected chi connectivity index (χ4v) is 5.53.